The molecule has 94 valence electrons. The van der Waals surface area contributed by atoms with E-state index in [1.54, 1.807) is 12.1 Å². The number of phenols is 1. The molecule has 2 rings (SSSR count). The Hall–Kier alpha value is -1.96. The second-order valence-electron chi connectivity index (χ2n) is 4.43. The van der Waals surface area contributed by atoms with Crippen molar-refractivity contribution in [3.8, 4) is 5.75 Å². The molecule has 0 heterocycles. The van der Waals surface area contributed by atoms with E-state index in [-0.39, 0.29) is 0 Å². The molecule has 0 bridgehead atoms. The molecule has 2 heteroatoms. The van der Waals surface area contributed by atoms with Gasteiger partial charge in [0.25, 0.3) is 0 Å². The van der Waals surface area contributed by atoms with Gasteiger partial charge in [-0.05, 0) is 35.7 Å². The summed E-state index contributed by atoms with van der Waals surface area (Å²) in [4.78, 5) is 0. The fourth-order valence-electron chi connectivity index (χ4n) is 2.04. The zero-order valence-corrected chi connectivity index (χ0v) is 10.7. The maximum absolute atomic E-state index is 9.42. The van der Waals surface area contributed by atoms with Crippen LogP contribution in [0.4, 0.5) is 5.69 Å². The standard InChI is InChI=1S/C16H19NO/c1-2-6-14-8-3-4-10-16(14)17-12-13-7-5-9-15(18)11-13/h3-5,7-11,17-18H,2,6,12H2,1H3. The van der Waals surface area contributed by atoms with Crippen molar-refractivity contribution in [1.29, 1.82) is 0 Å². The lowest BCUT2D eigenvalue weighted by Gasteiger charge is -2.11. The molecular weight excluding hydrogens is 222 g/mol. The fourth-order valence-corrected chi connectivity index (χ4v) is 2.04. The van der Waals surface area contributed by atoms with Crippen molar-refractivity contribution in [3.63, 3.8) is 0 Å². The highest BCUT2D eigenvalue weighted by molar-refractivity contribution is 5.51. The molecule has 18 heavy (non-hydrogen) atoms. The van der Waals surface area contributed by atoms with Gasteiger partial charge in [-0.1, -0.05) is 43.7 Å². The summed E-state index contributed by atoms with van der Waals surface area (Å²) in [6.45, 7) is 2.92. The molecular formula is C16H19NO. The minimum atomic E-state index is 0.316. The van der Waals surface area contributed by atoms with Gasteiger partial charge in [-0.15, -0.1) is 0 Å². The molecule has 0 aromatic heterocycles. The third-order valence-corrected chi connectivity index (χ3v) is 2.93. The smallest absolute Gasteiger partial charge is 0.115 e. The zero-order chi connectivity index (χ0) is 12.8. The minimum absolute atomic E-state index is 0.316. The number of aryl methyl sites for hydroxylation is 1. The summed E-state index contributed by atoms with van der Waals surface area (Å²) in [6.07, 6.45) is 2.23. The summed E-state index contributed by atoms with van der Waals surface area (Å²) in [5.74, 6) is 0.316. The largest absolute Gasteiger partial charge is 0.508 e. The first kappa shape index (κ1) is 12.5. The first-order valence-electron chi connectivity index (χ1n) is 6.39. The van der Waals surface area contributed by atoms with Crippen molar-refractivity contribution in [2.24, 2.45) is 0 Å². The topological polar surface area (TPSA) is 32.3 Å². The highest BCUT2D eigenvalue weighted by Crippen LogP contribution is 2.18. The normalized spacial score (nSPS) is 10.3. The van der Waals surface area contributed by atoms with Crippen LogP contribution >= 0.6 is 0 Å². The summed E-state index contributed by atoms with van der Waals surface area (Å²) >= 11 is 0. The lowest BCUT2D eigenvalue weighted by molar-refractivity contribution is 0.474. The van der Waals surface area contributed by atoms with Crippen molar-refractivity contribution in [1.82, 2.24) is 0 Å². The summed E-state index contributed by atoms with van der Waals surface area (Å²) in [5, 5.41) is 12.9. The van der Waals surface area contributed by atoms with E-state index in [1.165, 1.54) is 11.3 Å². The Morgan fingerprint density at radius 1 is 1.06 bits per heavy atom. The van der Waals surface area contributed by atoms with Crippen molar-refractivity contribution >= 4 is 5.69 Å². The van der Waals surface area contributed by atoms with E-state index in [0.29, 0.717) is 5.75 Å². The van der Waals surface area contributed by atoms with E-state index in [1.807, 2.05) is 18.2 Å². The second kappa shape index (κ2) is 6.10. The van der Waals surface area contributed by atoms with Crippen LogP contribution in [0, 0.1) is 0 Å². The molecule has 0 saturated heterocycles. The lowest BCUT2D eigenvalue weighted by atomic mass is 10.1. The molecule has 2 N–H and O–H groups in total. The van der Waals surface area contributed by atoms with Gasteiger partial charge in [0.15, 0.2) is 0 Å². The van der Waals surface area contributed by atoms with E-state index in [4.69, 9.17) is 0 Å². The van der Waals surface area contributed by atoms with Crippen LogP contribution < -0.4 is 5.32 Å². The van der Waals surface area contributed by atoms with Crippen LogP contribution in [0.3, 0.4) is 0 Å². The van der Waals surface area contributed by atoms with Crippen molar-refractivity contribution in [2.45, 2.75) is 26.3 Å². The van der Waals surface area contributed by atoms with Crippen LogP contribution in [-0.2, 0) is 13.0 Å². The second-order valence-corrected chi connectivity index (χ2v) is 4.43. The number of benzene rings is 2. The Balaban J connectivity index is 2.06. The van der Waals surface area contributed by atoms with Crippen LogP contribution in [0.2, 0.25) is 0 Å². The zero-order valence-electron chi connectivity index (χ0n) is 10.7. The molecule has 0 atom stereocenters. The molecule has 0 fully saturated rings. The Labute approximate surface area is 108 Å². The van der Waals surface area contributed by atoms with Gasteiger partial charge in [-0.3, -0.25) is 0 Å². The van der Waals surface area contributed by atoms with Crippen molar-refractivity contribution < 1.29 is 5.11 Å². The molecule has 0 aliphatic carbocycles. The van der Waals surface area contributed by atoms with Gasteiger partial charge in [0, 0.05) is 12.2 Å². The molecule has 2 aromatic carbocycles. The molecule has 0 aliphatic heterocycles. The average molecular weight is 241 g/mol. The van der Waals surface area contributed by atoms with Crippen LogP contribution in [0.1, 0.15) is 24.5 Å². The summed E-state index contributed by atoms with van der Waals surface area (Å²) in [7, 11) is 0. The van der Waals surface area contributed by atoms with Gasteiger partial charge in [0.05, 0.1) is 0 Å². The molecule has 0 saturated carbocycles. The molecule has 0 spiro atoms. The number of hydrogen-bond acceptors (Lipinski definition) is 2. The third kappa shape index (κ3) is 3.27. The Kier molecular flexibility index (Phi) is 4.24. The number of anilines is 1. The van der Waals surface area contributed by atoms with E-state index in [2.05, 4.69) is 30.4 Å². The monoisotopic (exact) mass is 241 g/mol. The number of aromatic hydroxyl groups is 1. The van der Waals surface area contributed by atoms with Gasteiger partial charge >= 0.3 is 0 Å². The van der Waals surface area contributed by atoms with Gasteiger partial charge < -0.3 is 10.4 Å². The average Bonchev–Trinajstić information content (AvgIpc) is 2.38. The number of phenolic OH excluding ortho intramolecular Hbond substituents is 1. The van der Waals surface area contributed by atoms with Crippen molar-refractivity contribution in [3.05, 3.63) is 59.7 Å². The number of para-hydroxylation sites is 1. The summed E-state index contributed by atoms with van der Waals surface area (Å²) in [5.41, 5.74) is 3.61. The first-order valence-corrected chi connectivity index (χ1v) is 6.39. The lowest BCUT2D eigenvalue weighted by Crippen LogP contribution is -2.02. The molecule has 0 aliphatic rings. The SMILES string of the molecule is CCCc1ccccc1NCc1cccc(O)c1. The molecule has 2 aromatic rings. The number of hydrogen-bond donors (Lipinski definition) is 2. The minimum Gasteiger partial charge on any atom is -0.508 e. The number of nitrogens with one attached hydrogen (secondary N) is 1. The van der Waals surface area contributed by atoms with E-state index in [9.17, 15) is 5.11 Å². The number of rotatable bonds is 5. The summed E-state index contributed by atoms with van der Waals surface area (Å²) in [6, 6.07) is 15.7. The predicted octanol–water partition coefficient (Wildman–Crippen LogP) is 3.96. The van der Waals surface area contributed by atoms with Gasteiger partial charge in [0.1, 0.15) is 5.75 Å². The molecule has 0 radical (unpaired) electrons. The Bertz CT molecular complexity index is 508. The highest BCUT2D eigenvalue weighted by Gasteiger charge is 2.00. The van der Waals surface area contributed by atoms with E-state index in [0.717, 1.165) is 24.9 Å². The van der Waals surface area contributed by atoms with Crippen LogP contribution in [-0.4, -0.2) is 5.11 Å². The highest BCUT2D eigenvalue weighted by atomic mass is 16.3. The Morgan fingerprint density at radius 2 is 1.89 bits per heavy atom. The molecule has 0 amide bonds. The fraction of sp³-hybridized carbons (Fsp3) is 0.250. The van der Waals surface area contributed by atoms with E-state index >= 15 is 0 Å². The third-order valence-electron chi connectivity index (χ3n) is 2.93. The van der Waals surface area contributed by atoms with Gasteiger partial charge in [-0.25, -0.2) is 0 Å². The summed E-state index contributed by atoms with van der Waals surface area (Å²) < 4.78 is 0. The molecule has 0 unspecified atom stereocenters. The maximum Gasteiger partial charge on any atom is 0.115 e. The maximum atomic E-state index is 9.42. The van der Waals surface area contributed by atoms with Crippen molar-refractivity contribution in [2.75, 3.05) is 5.32 Å². The van der Waals surface area contributed by atoms with Crippen LogP contribution in [0.5, 0.6) is 5.75 Å². The quantitative estimate of drug-likeness (QED) is 0.830. The van der Waals surface area contributed by atoms with E-state index < -0.39 is 0 Å². The molecule has 2 nitrogen and oxygen atoms in total. The van der Waals surface area contributed by atoms with Gasteiger partial charge in [0.2, 0.25) is 0 Å². The predicted molar refractivity (Wildman–Crippen MR) is 75.9 cm³/mol. The van der Waals surface area contributed by atoms with Crippen LogP contribution in [0.25, 0.3) is 0 Å². The Morgan fingerprint density at radius 3 is 2.67 bits per heavy atom. The first-order chi connectivity index (χ1) is 8.79. The van der Waals surface area contributed by atoms with Crippen LogP contribution in [0.15, 0.2) is 48.5 Å². The van der Waals surface area contributed by atoms with Gasteiger partial charge in [-0.2, -0.15) is 0 Å².